The molecule has 117 valence electrons. The molecular formula is C15H19BrN5O. The Kier molecular flexibility index (Phi) is 4.10. The Morgan fingerprint density at radius 3 is 3.05 bits per heavy atom. The Hall–Kier alpha value is -1.60. The molecule has 1 unspecified atom stereocenters. The number of amides is 1. The number of nitrogens with two attached hydrogens (primary N) is 1. The number of aromatic amines is 1. The first-order chi connectivity index (χ1) is 10.5. The van der Waals surface area contributed by atoms with E-state index >= 15 is 0 Å². The van der Waals surface area contributed by atoms with E-state index in [1.165, 1.54) is 6.42 Å². The minimum atomic E-state index is -0.536. The van der Waals surface area contributed by atoms with Gasteiger partial charge in [0, 0.05) is 31.4 Å². The fraction of sp³-hybridized carbons (Fsp3) is 0.467. The number of primary amides is 1. The third-order valence-corrected chi connectivity index (χ3v) is 4.97. The van der Waals surface area contributed by atoms with E-state index < -0.39 is 5.91 Å². The molecule has 1 aliphatic rings. The highest BCUT2D eigenvalue weighted by Gasteiger charge is 2.27. The van der Waals surface area contributed by atoms with Gasteiger partial charge in [0.05, 0.1) is 15.5 Å². The van der Waals surface area contributed by atoms with Crippen LogP contribution in [0.1, 0.15) is 23.3 Å². The van der Waals surface area contributed by atoms with E-state index in [9.17, 15) is 4.79 Å². The molecule has 2 aromatic heterocycles. The summed E-state index contributed by atoms with van der Waals surface area (Å²) in [6, 6.07) is 3.67. The maximum atomic E-state index is 11.7. The smallest absolute Gasteiger partial charge is 0.268 e. The number of aromatic nitrogens is 2. The van der Waals surface area contributed by atoms with Crippen molar-refractivity contribution in [2.45, 2.75) is 18.9 Å². The number of likely N-dealkylation sites (N-methyl/N-ethyl adjacent to an activating group) is 1. The molecule has 3 heterocycles. The van der Waals surface area contributed by atoms with Crippen molar-refractivity contribution >= 4 is 38.6 Å². The summed E-state index contributed by atoms with van der Waals surface area (Å²) in [5.74, 6) is -0.536. The van der Waals surface area contributed by atoms with Crippen LogP contribution in [0.2, 0.25) is 0 Å². The summed E-state index contributed by atoms with van der Waals surface area (Å²) in [6.45, 7) is 1.85. The van der Waals surface area contributed by atoms with Crippen LogP contribution in [-0.2, 0) is 0 Å². The van der Waals surface area contributed by atoms with Crippen LogP contribution in [0.5, 0.6) is 0 Å². The molecule has 3 rings (SSSR count). The number of carbonyl (C=O) groups excluding carboxylic acids is 1. The largest absolute Gasteiger partial charge is 0.368 e. The summed E-state index contributed by atoms with van der Waals surface area (Å²) < 4.78 is 0.655. The van der Waals surface area contributed by atoms with E-state index in [0.29, 0.717) is 16.2 Å². The van der Waals surface area contributed by atoms with Crippen molar-refractivity contribution in [3.05, 3.63) is 22.4 Å². The molecular weight excluding hydrogens is 346 g/mol. The zero-order valence-corrected chi connectivity index (χ0v) is 14.3. The van der Waals surface area contributed by atoms with E-state index in [1.807, 2.05) is 0 Å². The lowest BCUT2D eigenvalue weighted by Gasteiger charge is -2.38. The monoisotopic (exact) mass is 364 g/mol. The first kappa shape index (κ1) is 15.3. The van der Waals surface area contributed by atoms with Gasteiger partial charge in [-0.25, -0.2) is 4.98 Å². The van der Waals surface area contributed by atoms with Gasteiger partial charge < -0.3 is 20.5 Å². The fourth-order valence-electron chi connectivity index (χ4n) is 3.01. The molecule has 0 saturated carbocycles. The van der Waals surface area contributed by atoms with Crippen LogP contribution in [0, 0.1) is 6.07 Å². The number of hydrogen-bond acceptors (Lipinski definition) is 4. The van der Waals surface area contributed by atoms with Crippen molar-refractivity contribution in [3.8, 4) is 0 Å². The van der Waals surface area contributed by atoms with Gasteiger partial charge in [-0.2, -0.15) is 0 Å². The SMILES string of the molecule is CN(C)C1CCCN(c2c(Br)c(C(N)=O)nc3[nH]c[c]c23)C1. The van der Waals surface area contributed by atoms with Gasteiger partial charge in [-0.1, -0.05) is 0 Å². The number of anilines is 1. The van der Waals surface area contributed by atoms with Gasteiger partial charge in [-0.05, 0) is 42.9 Å². The zero-order chi connectivity index (χ0) is 15.9. The van der Waals surface area contributed by atoms with Crippen LogP contribution in [0.4, 0.5) is 5.69 Å². The summed E-state index contributed by atoms with van der Waals surface area (Å²) in [7, 11) is 4.20. The quantitative estimate of drug-likeness (QED) is 0.869. The number of hydrogen-bond donors (Lipinski definition) is 2. The molecule has 7 heteroatoms. The molecule has 6 nitrogen and oxygen atoms in total. The van der Waals surface area contributed by atoms with E-state index in [2.05, 4.69) is 55.9 Å². The number of fused-ring (bicyclic) bond motifs is 1. The molecule has 1 radical (unpaired) electrons. The fourth-order valence-corrected chi connectivity index (χ4v) is 3.74. The summed E-state index contributed by atoms with van der Waals surface area (Å²) in [6.07, 6.45) is 4.00. The summed E-state index contributed by atoms with van der Waals surface area (Å²) in [4.78, 5) is 23.5. The van der Waals surface area contributed by atoms with E-state index in [-0.39, 0.29) is 5.69 Å². The van der Waals surface area contributed by atoms with Crippen LogP contribution < -0.4 is 10.6 Å². The van der Waals surface area contributed by atoms with Gasteiger partial charge in [-0.3, -0.25) is 4.79 Å². The van der Waals surface area contributed by atoms with Crippen LogP contribution in [-0.4, -0.2) is 54.0 Å². The van der Waals surface area contributed by atoms with Crippen LogP contribution in [0.3, 0.4) is 0 Å². The molecule has 1 atom stereocenters. The molecule has 1 aliphatic heterocycles. The summed E-state index contributed by atoms with van der Waals surface area (Å²) >= 11 is 3.53. The van der Waals surface area contributed by atoms with E-state index in [0.717, 1.165) is 30.6 Å². The summed E-state index contributed by atoms with van der Waals surface area (Å²) in [5, 5.41) is 0.885. The van der Waals surface area contributed by atoms with Gasteiger partial charge in [0.2, 0.25) is 0 Å². The molecule has 2 aromatic rings. The Morgan fingerprint density at radius 1 is 1.59 bits per heavy atom. The second-order valence-electron chi connectivity index (χ2n) is 5.85. The van der Waals surface area contributed by atoms with Crippen molar-refractivity contribution < 1.29 is 4.79 Å². The number of piperidine rings is 1. The Morgan fingerprint density at radius 2 is 2.36 bits per heavy atom. The first-order valence-corrected chi connectivity index (χ1v) is 8.07. The van der Waals surface area contributed by atoms with Gasteiger partial charge >= 0.3 is 0 Å². The standard InChI is InChI=1S/C15H19BrN5O/c1-20(2)9-4-3-7-21(8-9)13-10-5-6-18-15(10)19-12(11(13)16)14(17)22/h6,9H,3-4,7-8H2,1-2H3,(H2,17,22)(H,18,19). The van der Waals surface area contributed by atoms with Crippen molar-refractivity contribution in [1.82, 2.24) is 14.9 Å². The third kappa shape index (κ3) is 2.59. The topological polar surface area (TPSA) is 78.2 Å². The molecule has 0 aliphatic carbocycles. The van der Waals surface area contributed by atoms with E-state index in [4.69, 9.17) is 5.73 Å². The molecule has 0 spiro atoms. The van der Waals surface area contributed by atoms with Crippen molar-refractivity contribution in [3.63, 3.8) is 0 Å². The zero-order valence-electron chi connectivity index (χ0n) is 12.7. The maximum Gasteiger partial charge on any atom is 0.268 e. The first-order valence-electron chi connectivity index (χ1n) is 7.28. The number of nitrogens with one attached hydrogen (secondary N) is 1. The lowest BCUT2D eigenvalue weighted by Crippen LogP contribution is -2.45. The predicted octanol–water partition coefficient (Wildman–Crippen LogP) is 1.75. The van der Waals surface area contributed by atoms with Crippen LogP contribution in [0.15, 0.2) is 10.7 Å². The average Bonchev–Trinajstić information content (AvgIpc) is 2.94. The second-order valence-corrected chi connectivity index (χ2v) is 6.64. The third-order valence-electron chi connectivity index (χ3n) is 4.21. The lowest BCUT2D eigenvalue weighted by atomic mass is 10.0. The number of nitrogens with zero attached hydrogens (tertiary/aromatic N) is 3. The van der Waals surface area contributed by atoms with Crippen molar-refractivity contribution in [1.29, 1.82) is 0 Å². The molecule has 1 fully saturated rings. The lowest BCUT2D eigenvalue weighted by molar-refractivity contribution is 0.0995. The number of carbonyl (C=O) groups is 1. The van der Waals surface area contributed by atoms with Crippen molar-refractivity contribution in [2.75, 3.05) is 32.1 Å². The highest BCUT2D eigenvalue weighted by molar-refractivity contribution is 9.10. The minimum absolute atomic E-state index is 0.255. The number of rotatable bonds is 3. The molecule has 0 bridgehead atoms. The summed E-state index contributed by atoms with van der Waals surface area (Å²) in [5.41, 5.74) is 7.31. The molecule has 22 heavy (non-hydrogen) atoms. The Balaban J connectivity index is 2.10. The maximum absolute atomic E-state index is 11.7. The normalized spacial score (nSPS) is 19.1. The van der Waals surface area contributed by atoms with Gasteiger partial charge in [0.15, 0.2) is 0 Å². The highest BCUT2D eigenvalue weighted by Crippen LogP contribution is 2.37. The number of pyridine rings is 1. The highest BCUT2D eigenvalue weighted by atomic mass is 79.9. The van der Waals surface area contributed by atoms with E-state index in [1.54, 1.807) is 6.20 Å². The number of halogens is 1. The Labute approximate surface area is 137 Å². The molecule has 3 N–H and O–H groups in total. The van der Waals surface area contributed by atoms with Gasteiger partial charge in [0.25, 0.3) is 5.91 Å². The average molecular weight is 365 g/mol. The molecule has 1 saturated heterocycles. The van der Waals surface area contributed by atoms with Gasteiger partial charge in [-0.15, -0.1) is 0 Å². The minimum Gasteiger partial charge on any atom is -0.368 e. The van der Waals surface area contributed by atoms with Gasteiger partial charge in [0.1, 0.15) is 11.3 Å². The molecule has 0 aromatic carbocycles. The van der Waals surface area contributed by atoms with Crippen molar-refractivity contribution in [2.24, 2.45) is 5.73 Å². The van der Waals surface area contributed by atoms with Crippen LogP contribution in [0.25, 0.3) is 11.0 Å². The number of H-pyrrole nitrogens is 1. The Bertz CT molecular complexity index is 711. The molecule has 1 amide bonds. The predicted molar refractivity (Wildman–Crippen MR) is 90.1 cm³/mol. The second kappa shape index (κ2) is 5.89. The van der Waals surface area contributed by atoms with Crippen LogP contribution >= 0.6 is 15.9 Å².